The van der Waals surface area contributed by atoms with Crippen LogP contribution in [0.2, 0.25) is 5.02 Å². The van der Waals surface area contributed by atoms with Crippen LogP contribution in [0.3, 0.4) is 0 Å². The van der Waals surface area contributed by atoms with Gasteiger partial charge in [-0.05, 0) is 37.3 Å². The average Bonchev–Trinajstić information content (AvgIpc) is 2.83. The number of hydrogen-bond donors (Lipinski definition) is 2. The Balaban J connectivity index is 2.24. The number of hydrogen-bond acceptors (Lipinski definition) is 3. The fourth-order valence-electron chi connectivity index (χ4n) is 2.80. The normalized spacial score (nSPS) is 19.5. The highest BCUT2D eigenvalue weighted by molar-refractivity contribution is 6.33. The molecule has 0 aliphatic carbocycles. The summed E-state index contributed by atoms with van der Waals surface area (Å²) in [7, 11) is 0. The molecule has 0 aromatic heterocycles. The monoisotopic (exact) mass is 268 g/mol. The summed E-state index contributed by atoms with van der Waals surface area (Å²) in [6.45, 7) is 1.81. The number of aliphatic hydroxyl groups excluding tert-OH is 1. The Morgan fingerprint density at radius 2 is 2.28 bits per heavy atom. The molecule has 0 bridgehead atoms. The first kappa shape index (κ1) is 13.7. The van der Waals surface area contributed by atoms with Gasteiger partial charge in [-0.1, -0.05) is 23.7 Å². The molecule has 0 amide bonds. The number of rotatable bonds is 5. The Kier molecular flexibility index (Phi) is 4.87. The van der Waals surface area contributed by atoms with E-state index >= 15 is 0 Å². The maximum absolute atomic E-state index is 8.97. The SMILES string of the molecule is NCc1cccc(Cl)c1N1CCCC1CCCO. The van der Waals surface area contributed by atoms with Crippen molar-refractivity contribution in [1.82, 2.24) is 0 Å². The molecule has 1 aliphatic rings. The van der Waals surface area contributed by atoms with Gasteiger partial charge in [-0.25, -0.2) is 0 Å². The summed E-state index contributed by atoms with van der Waals surface area (Å²) in [6, 6.07) is 6.41. The number of halogens is 1. The van der Waals surface area contributed by atoms with Crippen LogP contribution in [0.5, 0.6) is 0 Å². The van der Waals surface area contributed by atoms with E-state index in [1.807, 2.05) is 18.2 Å². The third-order valence-electron chi connectivity index (χ3n) is 3.65. The first-order valence-electron chi connectivity index (χ1n) is 6.63. The van der Waals surface area contributed by atoms with Crippen molar-refractivity contribution in [3.8, 4) is 0 Å². The predicted octanol–water partition coefficient (Wildman–Crippen LogP) is 2.54. The molecule has 1 atom stereocenters. The molecule has 1 fully saturated rings. The average molecular weight is 269 g/mol. The molecule has 100 valence electrons. The van der Waals surface area contributed by atoms with Crippen molar-refractivity contribution in [3.63, 3.8) is 0 Å². The fourth-order valence-corrected chi connectivity index (χ4v) is 3.11. The first-order chi connectivity index (χ1) is 8.77. The number of benzene rings is 1. The molecule has 1 heterocycles. The van der Waals surface area contributed by atoms with E-state index in [4.69, 9.17) is 22.4 Å². The van der Waals surface area contributed by atoms with Crippen LogP contribution in [0.15, 0.2) is 18.2 Å². The Morgan fingerprint density at radius 3 is 3.00 bits per heavy atom. The second-order valence-corrected chi connectivity index (χ2v) is 5.21. The lowest BCUT2D eigenvalue weighted by molar-refractivity contribution is 0.279. The summed E-state index contributed by atoms with van der Waals surface area (Å²) < 4.78 is 0. The minimum absolute atomic E-state index is 0.261. The summed E-state index contributed by atoms with van der Waals surface area (Å²) in [5.41, 5.74) is 8.02. The Bertz CT molecular complexity index is 397. The lowest BCUT2D eigenvalue weighted by Crippen LogP contribution is -2.30. The second kappa shape index (κ2) is 6.41. The summed E-state index contributed by atoms with van der Waals surface area (Å²) in [6.07, 6.45) is 4.23. The van der Waals surface area contributed by atoms with Crippen LogP contribution in [0.1, 0.15) is 31.2 Å². The number of nitrogens with two attached hydrogens (primary N) is 1. The molecule has 1 aromatic rings. The van der Waals surface area contributed by atoms with Crippen LogP contribution >= 0.6 is 11.6 Å². The largest absolute Gasteiger partial charge is 0.396 e. The lowest BCUT2D eigenvalue weighted by atomic mass is 10.1. The van der Waals surface area contributed by atoms with Crippen LogP contribution in [0, 0.1) is 0 Å². The molecule has 1 aromatic carbocycles. The quantitative estimate of drug-likeness (QED) is 0.863. The Labute approximate surface area is 114 Å². The smallest absolute Gasteiger partial charge is 0.0643 e. The summed E-state index contributed by atoms with van der Waals surface area (Å²) >= 11 is 6.34. The zero-order valence-corrected chi connectivity index (χ0v) is 11.4. The molecule has 0 spiro atoms. The third kappa shape index (κ3) is 2.79. The maximum Gasteiger partial charge on any atom is 0.0643 e. The molecule has 4 heteroatoms. The number of anilines is 1. The lowest BCUT2D eigenvalue weighted by Gasteiger charge is -2.29. The van der Waals surface area contributed by atoms with Gasteiger partial charge in [0.15, 0.2) is 0 Å². The van der Waals surface area contributed by atoms with Crippen LogP contribution in [-0.4, -0.2) is 24.3 Å². The maximum atomic E-state index is 8.97. The van der Waals surface area contributed by atoms with Gasteiger partial charge in [0, 0.05) is 25.7 Å². The van der Waals surface area contributed by atoms with Crippen molar-refractivity contribution in [3.05, 3.63) is 28.8 Å². The zero-order valence-electron chi connectivity index (χ0n) is 10.6. The van der Waals surface area contributed by atoms with Gasteiger partial charge in [0.2, 0.25) is 0 Å². The Hall–Kier alpha value is -0.770. The van der Waals surface area contributed by atoms with E-state index in [0.29, 0.717) is 12.6 Å². The van der Waals surface area contributed by atoms with Gasteiger partial charge in [-0.3, -0.25) is 0 Å². The molecule has 18 heavy (non-hydrogen) atoms. The molecule has 1 unspecified atom stereocenters. The van der Waals surface area contributed by atoms with Gasteiger partial charge >= 0.3 is 0 Å². The van der Waals surface area contributed by atoms with Crippen molar-refractivity contribution in [2.45, 2.75) is 38.3 Å². The molecule has 1 saturated heterocycles. The number of nitrogens with zero attached hydrogens (tertiary/aromatic N) is 1. The molecule has 3 N–H and O–H groups in total. The highest BCUT2D eigenvalue weighted by Crippen LogP contribution is 2.36. The van der Waals surface area contributed by atoms with E-state index < -0.39 is 0 Å². The van der Waals surface area contributed by atoms with Crippen LogP contribution in [0.25, 0.3) is 0 Å². The zero-order chi connectivity index (χ0) is 13.0. The molecule has 0 saturated carbocycles. The van der Waals surface area contributed by atoms with Crippen LogP contribution in [0.4, 0.5) is 5.69 Å². The van der Waals surface area contributed by atoms with Crippen molar-refractivity contribution < 1.29 is 5.11 Å². The summed E-state index contributed by atoms with van der Waals surface area (Å²) in [5, 5.41) is 9.76. The van der Waals surface area contributed by atoms with Gasteiger partial charge in [0.25, 0.3) is 0 Å². The fraction of sp³-hybridized carbons (Fsp3) is 0.571. The Morgan fingerprint density at radius 1 is 1.44 bits per heavy atom. The van der Waals surface area contributed by atoms with E-state index in [1.54, 1.807) is 0 Å². The second-order valence-electron chi connectivity index (χ2n) is 4.81. The summed E-state index contributed by atoms with van der Waals surface area (Å²) in [5.74, 6) is 0. The van der Waals surface area contributed by atoms with Gasteiger partial charge < -0.3 is 15.7 Å². The first-order valence-corrected chi connectivity index (χ1v) is 7.00. The predicted molar refractivity (Wildman–Crippen MR) is 76.0 cm³/mol. The molecule has 0 radical (unpaired) electrons. The van der Waals surface area contributed by atoms with Crippen molar-refractivity contribution >= 4 is 17.3 Å². The topological polar surface area (TPSA) is 49.5 Å². The third-order valence-corrected chi connectivity index (χ3v) is 3.96. The number of para-hydroxylation sites is 1. The van der Waals surface area contributed by atoms with E-state index in [2.05, 4.69) is 4.90 Å². The van der Waals surface area contributed by atoms with Crippen LogP contribution < -0.4 is 10.6 Å². The standard InChI is InChI=1S/C14H21ClN2O/c15-13-7-1-4-11(10-16)14(13)17-8-2-5-12(17)6-3-9-18/h1,4,7,12,18H,2-3,5-6,8-10,16H2. The van der Waals surface area contributed by atoms with Gasteiger partial charge in [-0.15, -0.1) is 0 Å². The van der Waals surface area contributed by atoms with Crippen molar-refractivity contribution in [1.29, 1.82) is 0 Å². The highest BCUT2D eigenvalue weighted by atomic mass is 35.5. The van der Waals surface area contributed by atoms with Gasteiger partial charge in [0.05, 0.1) is 10.7 Å². The van der Waals surface area contributed by atoms with E-state index in [-0.39, 0.29) is 6.61 Å². The minimum Gasteiger partial charge on any atom is -0.396 e. The molecular formula is C14H21ClN2O. The van der Waals surface area contributed by atoms with Crippen LogP contribution in [-0.2, 0) is 6.54 Å². The van der Waals surface area contributed by atoms with Crippen molar-refractivity contribution in [2.24, 2.45) is 5.73 Å². The minimum atomic E-state index is 0.261. The van der Waals surface area contributed by atoms with E-state index in [0.717, 1.165) is 35.7 Å². The van der Waals surface area contributed by atoms with E-state index in [9.17, 15) is 0 Å². The number of aliphatic hydroxyl groups is 1. The van der Waals surface area contributed by atoms with Gasteiger partial charge in [-0.2, -0.15) is 0 Å². The summed E-state index contributed by atoms with van der Waals surface area (Å²) in [4.78, 5) is 2.38. The molecule has 2 rings (SSSR count). The molecule has 1 aliphatic heterocycles. The highest BCUT2D eigenvalue weighted by Gasteiger charge is 2.27. The van der Waals surface area contributed by atoms with Gasteiger partial charge in [0.1, 0.15) is 0 Å². The van der Waals surface area contributed by atoms with E-state index in [1.165, 1.54) is 12.8 Å². The molecule has 3 nitrogen and oxygen atoms in total. The van der Waals surface area contributed by atoms with Crippen molar-refractivity contribution in [2.75, 3.05) is 18.1 Å². The molecular weight excluding hydrogens is 248 g/mol.